The minimum atomic E-state index is -0.222. The van der Waals surface area contributed by atoms with Crippen molar-refractivity contribution in [2.24, 2.45) is 5.41 Å². The Hall–Kier alpha value is -2.11. The van der Waals surface area contributed by atoms with Crippen LogP contribution in [0.3, 0.4) is 0 Å². The van der Waals surface area contributed by atoms with Crippen molar-refractivity contribution in [3.8, 4) is 5.75 Å². The number of ether oxygens (including phenoxy) is 1. The van der Waals surface area contributed by atoms with E-state index < -0.39 is 0 Å². The summed E-state index contributed by atoms with van der Waals surface area (Å²) in [6.07, 6.45) is 9.64. The number of carbonyl (C=O) groups excluding carboxylic acids is 1. The molecule has 3 rings (SSSR count). The van der Waals surface area contributed by atoms with Crippen molar-refractivity contribution in [2.45, 2.75) is 66.9 Å². The lowest BCUT2D eigenvalue weighted by Gasteiger charge is -2.57. The molecule has 6 heteroatoms. The second-order valence-corrected chi connectivity index (χ2v) is 9.62. The van der Waals surface area contributed by atoms with Gasteiger partial charge in [-0.05, 0) is 63.7 Å². The third-order valence-electron chi connectivity index (χ3n) is 5.34. The highest BCUT2D eigenvalue weighted by molar-refractivity contribution is 6.33. The van der Waals surface area contributed by atoms with Gasteiger partial charge in [-0.15, -0.1) is 0 Å². The SMILES string of the molecule is C=C(C)/C(F)=C\C.CC.CCC.CN(C)/C=C\c1c(OC2CC3(C2)CN(C)C3)ccc(Cl)c1C=O. The summed E-state index contributed by atoms with van der Waals surface area (Å²) in [6, 6.07) is 3.60. The van der Waals surface area contributed by atoms with Gasteiger partial charge in [0, 0.05) is 43.7 Å². The molecule has 1 saturated heterocycles. The van der Waals surface area contributed by atoms with Crippen LogP contribution in [0.5, 0.6) is 5.75 Å². The quantitative estimate of drug-likeness (QED) is 0.287. The molecule has 4 nitrogen and oxygen atoms in total. The Bertz CT molecular complexity index is 850. The van der Waals surface area contributed by atoms with Gasteiger partial charge >= 0.3 is 0 Å². The number of hydrogen-bond acceptors (Lipinski definition) is 4. The molecule has 35 heavy (non-hydrogen) atoms. The van der Waals surface area contributed by atoms with Crippen molar-refractivity contribution in [3.05, 3.63) is 58.5 Å². The van der Waals surface area contributed by atoms with Gasteiger partial charge in [-0.25, -0.2) is 4.39 Å². The highest BCUT2D eigenvalue weighted by Gasteiger charge is 2.52. The van der Waals surface area contributed by atoms with Crippen molar-refractivity contribution in [3.63, 3.8) is 0 Å². The summed E-state index contributed by atoms with van der Waals surface area (Å²) in [7, 11) is 6.02. The summed E-state index contributed by atoms with van der Waals surface area (Å²) >= 11 is 6.15. The number of nitrogens with zero attached hydrogens (tertiary/aromatic N) is 2. The summed E-state index contributed by atoms with van der Waals surface area (Å²) in [5.41, 5.74) is 2.20. The number of likely N-dealkylation sites (tertiary alicyclic amines) is 1. The Morgan fingerprint density at radius 3 is 2.17 bits per heavy atom. The number of allylic oxidation sites excluding steroid dienone is 3. The zero-order valence-corrected chi connectivity index (χ0v) is 24.0. The summed E-state index contributed by atoms with van der Waals surface area (Å²) in [4.78, 5) is 15.7. The Morgan fingerprint density at radius 1 is 1.26 bits per heavy atom. The molecule has 1 spiro atoms. The standard InChI is InChI=1S/C18H23ClN2O2.C6H9F.C3H8.C2H6/c1-20(2)7-6-14-15(10-22)16(19)4-5-17(14)23-13-8-18(9-13)11-21(3)12-18;1-4-6(7)5(2)3;1-3-2;1-2/h4-7,10,13H,8-9,11-12H2,1-3H3;4H,2H2,1,3H3;3H2,1-2H3;1-2H3/b7-6-;6-4+;;. The molecule has 198 valence electrons. The molecule has 0 aromatic heterocycles. The predicted octanol–water partition coefficient (Wildman–Crippen LogP) is 8.04. The molecule has 1 heterocycles. The van der Waals surface area contributed by atoms with Gasteiger partial charge in [0.15, 0.2) is 6.29 Å². The Balaban J connectivity index is 0.000000813. The van der Waals surface area contributed by atoms with Gasteiger partial charge in [0.2, 0.25) is 0 Å². The molecule has 1 saturated carbocycles. The van der Waals surface area contributed by atoms with Gasteiger partial charge in [-0.3, -0.25) is 4.79 Å². The van der Waals surface area contributed by atoms with E-state index in [2.05, 4.69) is 32.4 Å². The maximum absolute atomic E-state index is 12.0. The first-order valence-electron chi connectivity index (χ1n) is 12.5. The molecule has 1 aromatic rings. The smallest absolute Gasteiger partial charge is 0.152 e. The molecule has 2 fully saturated rings. The molecule has 1 aliphatic carbocycles. The third kappa shape index (κ3) is 10.6. The number of hydrogen-bond donors (Lipinski definition) is 0. The van der Waals surface area contributed by atoms with E-state index in [1.165, 1.54) is 25.6 Å². The largest absolute Gasteiger partial charge is 0.490 e. The Labute approximate surface area is 218 Å². The van der Waals surface area contributed by atoms with Crippen LogP contribution in [0.2, 0.25) is 5.02 Å². The molecule has 0 radical (unpaired) electrons. The van der Waals surface area contributed by atoms with Gasteiger partial charge in [0.1, 0.15) is 11.6 Å². The highest BCUT2D eigenvalue weighted by atomic mass is 35.5. The Morgan fingerprint density at radius 2 is 1.80 bits per heavy atom. The number of carbonyl (C=O) groups is 1. The topological polar surface area (TPSA) is 32.8 Å². The van der Waals surface area contributed by atoms with Crippen LogP contribution >= 0.6 is 11.6 Å². The van der Waals surface area contributed by atoms with E-state index in [-0.39, 0.29) is 11.9 Å². The van der Waals surface area contributed by atoms with E-state index >= 15 is 0 Å². The zero-order valence-electron chi connectivity index (χ0n) is 23.3. The minimum absolute atomic E-state index is 0.222. The average molecular weight is 509 g/mol. The molecular formula is C29H46ClFN2O2. The normalized spacial score (nSPS) is 16.4. The Kier molecular flexibility index (Phi) is 15.5. The molecule has 1 aromatic carbocycles. The summed E-state index contributed by atoms with van der Waals surface area (Å²) in [5.74, 6) is 0.516. The number of halogens is 2. The molecule has 2 aliphatic rings. The number of benzene rings is 1. The van der Waals surface area contributed by atoms with E-state index in [1.807, 2.05) is 51.2 Å². The molecular weight excluding hydrogens is 463 g/mol. The molecule has 0 bridgehead atoms. The average Bonchev–Trinajstić information content (AvgIpc) is 2.78. The molecule has 0 N–H and O–H groups in total. The van der Waals surface area contributed by atoms with Gasteiger partial charge in [0.25, 0.3) is 0 Å². The number of rotatable bonds is 6. The fraction of sp³-hybridized carbons (Fsp3) is 0.552. The molecule has 0 unspecified atom stereocenters. The predicted molar refractivity (Wildman–Crippen MR) is 150 cm³/mol. The van der Waals surface area contributed by atoms with Crippen LogP contribution in [0, 0.1) is 5.41 Å². The van der Waals surface area contributed by atoms with Crippen LogP contribution in [0.4, 0.5) is 4.39 Å². The van der Waals surface area contributed by atoms with E-state index in [0.717, 1.165) is 30.4 Å². The van der Waals surface area contributed by atoms with Gasteiger partial charge < -0.3 is 14.5 Å². The van der Waals surface area contributed by atoms with Crippen molar-refractivity contribution in [2.75, 3.05) is 34.2 Å². The molecule has 0 atom stereocenters. The fourth-order valence-electron chi connectivity index (χ4n) is 3.98. The van der Waals surface area contributed by atoms with Crippen LogP contribution in [0.25, 0.3) is 6.08 Å². The van der Waals surface area contributed by atoms with Crippen LogP contribution in [-0.2, 0) is 0 Å². The minimum Gasteiger partial charge on any atom is -0.490 e. The first-order valence-corrected chi connectivity index (χ1v) is 12.8. The zero-order chi connectivity index (χ0) is 27.2. The molecule has 0 amide bonds. The lowest BCUT2D eigenvalue weighted by Crippen LogP contribution is -2.63. The maximum Gasteiger partial charge on any atom is 0.152 e. The molecule has 1 aliphatic heterocycles. The summed E-state index contributed by atoms with van der Waals surface area (Å²) in [6.45, 7) is 17.2. The van der Waals surface area contributed by atoms with Crippen LogP contribution in [-0.4, -0.2) is 56.4 Å². The van der Waals surface area contributed by atoms with Crippen LogP contribution < -0.4 is 4.74 Å². The second-order valence-electron chi connectivity index (χ2n) is 9.21. The second kappa shape index (κ2) is 16.5. The van der Waals surface area contributed by atoms with Crippen molar-refractivity contribution < 1.29 is 13.9 Å². The summed E-state index contributed by atoms with van der Waals surface area (Å²) < 4.78 is 18.2. The van der Waals surface area contributed by atoms with Crippen molar-refractivity contribution in [1.29, 1.82) is 0 Å². The van der Waals surface area contributed by atoms with Gasteiger partial charge in [0.05, 0.1) is 11.1 Å². The lowest BCUT2D eigenvalue weighted by molar-refractivity contribution is -0.109. The highest BCUT2D eigenvalue weighted by Crippen LogP contribution is 2.49. The van der Waals surface area contributed by atoms with Gasteiger partial charge in [-0.1, -0.05) is 58.4 Å². The maximum atomic E-state index is 12.0. The first-order chi connectivity index (χ1) is 16.5. The van der Waals surface area contributed by atoms with Crippen molar-refractivity contribution in [1.82, 2.24) is 9.80 Å². The number of aldehydes is 1. The van der Waals surface area contributed by atoms with Gasteiger partial charge in [-0.2, -0.15) is 0 Å². The van der Waals surface area contributed by atoms with E-state index in [1.54, 1.807) is 19.9 Å². The monoisotopic (exact) mass is 508 g/mol. The van der Waals surface area contributed by atoms with E-state index in [4.69, 9.17) is 16.3 Å². The van der Waals surface area contributed by atoms with E-state index in [0.29, 0.717) is 21.6 Å². The third-order valence-corrected chi connectivity index (χ3v) is 5.67. The van der Waals surface area contributed by atoms with Crippen LogP contribution in [0.15, 0.2) is 42.4 Å². The first kappa shape index (κ1) is 32.9. The lowest BCUT2D eigenvalue weighted by atomic mass is 9.62. The fourth-order valence-corrected chi connectivity index (χ4v) is 4.19. The van der Waals surface area contributed by atoms with E-state index in [9.17, 15) is 9.18 Å². The van der Waals surface area contributed by atoms with Crippen LogP contribution in [0.1, 0.15) is 76.7 Å². The van der Waals surface area contributed by atoms with Crippen molar-refractivity contribution >= 4 is 24.0 Å². The summed E-state index contributed by atoms with van der Waals surface area (Å²) in [5, 5.41) is 0.455.